The quantitative estimate of drug-likeness (QED) is 0.846. The Morgan fingerprint density at radius 2 is 1.89 bits per heavy atom. The molecule has 0 saturated heterocycles. The Morgan fingerprint density at radius 3 is 2.53 bits per heavy atom. The molecular weight excluding hydrogens is 260 g/mol. The zero-order chi connectivity index (χ0) is 13.7. The lowest BCUT2D eigenvalue weighted by atomic mass is 10.1. The minimum atomic E-state index is -0.848. The monoisotopic (exact) mass is 274 g/mol. The summed E-state index contributed by atoms with van der Waals surface area (Å²) >= 11 is 1.30. The van der Waals surface area contributed by atoms with Crippen LogP contribution in [0.4, 0.5) is 0 Å². The van der Waals surface area contributed by atoms with Crippen molar-refractivity contribution in [3.05, 3.63) is 60.2 Å². The Labute approximate surface area is 116 Å². The van der Waals surface area contributed by atoms with Crippen molar-refractivity contribution in [3.8, 4) is 5.75 Å². The Bertz CT molecular complexity index is 554. The molecule has 1 unspecified atom stereocenters. The van der Waals surface area contributed by atoms with Crippen LogP contribution in [0.15, 0.2) is 59.5 Å². The molecule has 0 aromatic heterocycles. The highest BCUT2D eigenvalue weighted by Gasteiger charge is 2.21. The molecule has 0 bridgehead atoms. The Kier molecular flexibility index (Phi) is 4.47. The van der Waals surface area contributed by atoms with Crippen LogP contribution in [0, 0.1) is 0 Å². The lowest BCUT2D eigenvalue weighted by Gasteiger charge is -2.12. The number of ether oxygens (including phenoxy) is 1. The number of carboxylic acid groups (broad SMARTS) is 1. The first kappa shape index (κ1) is 13.5. The largest absolute Gasteiger partial charge is 0.497 e. The maximum atomic E-state index is 11.4. The van der Waals surface area contributed by atoms with Crippen molar-refractivity contribution in [2.24, 2.45) is 0 Å². The molecule has 3 nitrogen and oxygen atoms in total. The molecule has 2 aromatic carbocycles. The number of carbonyl (C=O) groups is 1. The summed E-state index contributed by atoms with van der Waals surface area (Å²) in [6.45, 7) is 0. The fourth-order valence-electron chi connectivity index (χ4n) is 1.70. The van der Waals surface area contributed by atoms with E-state index >= 15 is 0 Å². The molecule has 1 atom stereocenters. The molecule has 1 N–H and O–H groups in total. The highest BCUT2D eigenvalue weighted by Crippen LogP contribution is 2.36. The van der Waals surface area contributed by atoms with Gasteiger partial charge in [0.2, 0.25) is 0 Å². The van der Waals surface area contributed by atoms with Gasteiger partial charge >= 0.3 is 5.97 Å². The van der Waals surface area contributed by atoms with Crippen LogP contribution in [-0.2, 0) is 4.79 Å². The summed E-state index contributed by atoms with van der Waals surface area (Å²) in [5.41, 5.74) is 0.780. The highest BCUT2D eigenvalue weighted by molar-refractivity contribution is 8.00. The summed E-state index contributed by atoms with van der Waals surface area (Å²) in [6, 6.07) is 16.6. The predicted molar refractivity (Wildman–Crippen MR) is 75.7 cm³/mol. The molecule has 2 aromatic rings. The van der Waals surface area contributed by atoms with E-state index in [4.69, 9.17) is 4.74 Å². The van der Waals surface area contributed by atoms with Crippen molar-refractivity contribution in [2.75, 3.05) is 7.11 Å². The van der Waals surface area contributed by atoms with E-state index in [1.165, 1.54) is 11.8 Å². The second kappa shape index (κ2) is 6.29. The van der Waals surface area contributed by atoms with Crippen LogP contribution in [0.2, 0.25) is 0 Å². The Hall–Kier alpha value is -1.94. The van der Waals surface area contributed by atoms with Gasteiger partial charge in [-0.2, -0.15) is 0 Å². The van der Waals surface area contributed by atoms with Crippen molar-refractivity contribution in [1.82, 2.24) is 0 Å². The van der Waals surface area contributed by atoms with Gasteiger partial charge in [0.05, 0.1) is 7.11 Å². The molecule has 0 aliphatic heterocycles. The SMILES string of the molecule is COc1cccc(SC(C(=O)O)c2ccccc2)c1. The molecule has 0 amide bonds. The second-order valence-electron chi connectivity index (χ2n) is 3.93. The van der Waals surface area contributed by atoms with Crippen LogP contribution in [0.25, 0.3) is 0 Å². The normalized spacial score (nSPS) is 11.8. The number of aliphatic carboxylic acids is 1. The summed E-state index contributed by atoms with van der Waals surface area (Å²) in [6.07, 6.45) is 0. The van der Waals surface area contributed by atoms with Crippen LogP contribution in [0.5, 0.6) is 5.75 Å². The van der Waals surface area contributed by atoms with Gasteiger partial charge in [0.1, 0.15) is 11.0 Å². The molecule has 0 heterocycles. The first-order valence-electron chi connectivity index (χ1n) is 5.79. The van der Waals surface area contributed by atoms with E-state index in [1.54, 1.807) is 7.11 Å². The number of thioether (sulfide) groups is 1. The smallest absolute Gasteiger partial charge is 0.321 e. The molecule has 0 aliphatic carbocycles. The average Bonchev–Trinajstić information content (AvgIpc) is 2.45. The van der Waals surface area contributed by atoms with E-state index in [0.29, 0.717) is 0 Å². The van der Waals surface area contributed by atoms with Gasteiger partial charge in [0.15, 0.2) is 0 Å². The molecule has 19 heavy (non-hydrogen) atoms. The summed E-state index contributed by atoms with van der Waals surface area (Å²) in [4.78, 5) is 12.3. The molecule has 0 spiro atoms. The first-order chi connectivity index (χ1) is 9.20. The standard InChI is InChI=1S/C15H14O3S/c1-18-12-8-5-9-13(10-12)19-14(15(16)17)11-6-3-2-4-7-11/h2-10,14H,1H3,(H,16,17). The lowest BCUT2D eigenvalue weighted by Crippen LogP contribution is -2.07. The number of hydrogen-bond acceptors (Lipinski definition) is 3. The zero-order valence-corrected chi connectivity index (χ0v) is 11.3. The number of rotatable bonds is 5. The summed E-state index contributed by atoms with van der Waals surface area (Å²) in [7, 11) is 1.59. The summed E-state index contributed by atoms with van der Waals surface area (Å²) in [5, 5.41) is 8.75. The van der Waals surface area contributed by atoms with Crippen LogP contribution >= 0.6 is 11.8 Å². The molecular formula is C15H14O3S. The maximum Gasteiger partial charge on any atom is 0.321 e. The molecule has 4 heteroatoms. The fraction of sp³-hybridized carbons (Fsp3) is 0.133. The third kappa shape index (κ3) is 3.51. The number of carboxylic acids is 1. The lowest BCUT2D eigenvalue weighted by molar-refractivity contribution is -0.136. The van der Waals surface area contributed by atoms with Crippen LogP contribution < -0.4 is 4.74 Å². The van der Waals surface area contributed by atoms with Gasteiger partial charge in [0, 0.05) is 4.90 Å². The van der Waals surface area contributed by atoms with Crippen molar-refractivity contribution < 1.29 is 14.6 Å². The van der Waals surface area contributed by atoms with Gasteiger partial charge in [-0.15, -0.1) is 11.8 Å². The van der Waals surface area contributed by atoms with Gasteiger partial charge in [-0.25, -0.2) is 0 Å². The highest BCUT2D eigenvalue weighted by atomic mass is 32.2. The molecule has 0 fully saturated rings. The number of benzene rings is 2. The van der Waals surface area contributed by atoms with Gasteiger partial charge in [-0.05, 0) is 23.8 Å². The van der Waals surface area contributed by atoms with E-state index in [1.807, 2.05) is 54.6 Å². The first-order valence-corrected chi connectivity index (χ1v) is 6.67. The number of hydrogen-bond donors (Lipinski definition) is 1. The molecule has 2 rings (SSSR count). The van der Waals surface area contributed by atoms with E-state index < -0.39 is 11.2 Å². The van der Waals surface area contributed by atoms with Crippen LogP contribution in [0.1, 0.15) is 10.8 Å². The van der Waals surface area contributed by atoms with Gasteiger partial charge in [0.25, 0.3) is 0 Å². The molecule has 0 radical (unpaired) electrons. The third-order valence-corrected chi connectivity index (χ3v) is 3.86. The molecule has 98 valence electrons. The predicted octanol–water partition coefficient (Wildman–Crippen LogP) is 3.61. The topological polar surface area (TPSA) is 46.5 Å². The van der Waals surface area contributed by atoms with Gasteiger partial charge < -0.3 is 9.84 Å². The number of methoxy groups -OCH3 is 1. The van der Waals surface area contributed by atoms with Crippen molar-refractivity contribution in [2.45, 2.75) is 10.1 Å². The van der Waals surface area contributed by atoms with Crippen molar-refractivity contribution >= 4 is 17.7 Å². The minimum absolute atomic E-state index is 0.617. The second-order valence-corrected chi connectivity index (χ2v) is 5.10. The zero-order valence-electron chi connectivity index (χ0n) is 10.4. The van der Waals surface area contributed by atoms with E-state index in [2.05, 4.69) is 0 Å². The average molecular weight is 274 g/mol. The Morgan fingerprint density at radius 1 is 1.16 bits per heavy atom. The van der Waals surface area contributed by atoms with Gasteiger partial charge in [-0.3, -0.25) is 4.79 Å². The summed E-state index contributed by atoms with van der Waals surface area (Å²) < 4.78 is 5.14. The Balaban J connectivity index is 2.24. The van der Waals surface area contributed by atoms with E-state index in [-0.39, 0.29) is 0 Å². The van der Waals surface area contributed by atoms with Crippen molar-refractivity contribution in [1.29, 1.82) is 0 Å². The molecule has 0 saturated carbocycles. The van der Waals surface area contributed by atoms with E-state index in [0.717, 1.165) is 16.2 Å². The molecule has 0 aliphatic rings. The summed E-state index contributed by atoms with van der Waals surface area (Å²) in [5.74, 6) is -0.124. The maximum absolute atomic E-state index is 11.4. The van der Waals surface area contributed by atoms with E-state index in [9.17, 15) is 9.90 Å². The van der Waals surface area contributed by atoms with Gasteiger partial charge in [-0.1, -0.05) is 36.4 Å². The van der Waals surface area contributed by atoms with Crippen molar-refractivity contribution in [3.63, 3.8) is 0 Å². The van der Waals surface area contributed by atoms with Crippen LogP contribution in [-0.4, -0.2) is 18.2 Å². The minimum Gasteiger partial charge on any atom is -0.497 e. The third-order valence-electron chi connectivity index (χ3n) is 2.62. The van der Waals surface area contributed by atoms with Crippen LogP contribution in [0.3, 0.4) is 0 Å². The fourth-order valence-corrected chi connectivity index (χ4v) is 2.71.